The second-order valence-electron chi connectivity index (χ2n) is 7.09. The Labute approximate surface area is 183 Å². The van der Waals surface area contributed by atoms with Gasteiger partial charge < -0.3 is 14.0 Å². The number of hydrogen-bond donors (Lipinski definition) is 0. The molecule has 0 N–H and O–H groups in total. The zero-order chi connectivity index (χ0) is 23.3. The monoisotopic (exact) mass is 440 g/mol. The van der Waals surface area contributed by atoms with Crippen molar-refractivity contribution in [1.82, 2.24) is 4.57 Å². The lowest BCUT2D eigenvalue weighted by Gasteiger charge is -2.10. The third-order valence-electron chi connectivity index (χ3n) is 4.90. The van der Waals surface area contributed by atoms with E-state index in [1.165, 1.54) is 30.3 Å². The highest BCUT2D eigenvalue weighted by Gasteiger charge is 2.19. The van der Waals surface area contributed by atoms with Gasteiger partial charge in [0, 0.05) is 29.6 Å². The van der Waals surface area contributed by atoms with E-state index in [9.17, 15) is 24.1 Å². The number of carbonyl (C=O) groups is 2. The summed E-state index contributed by atoms with van der Waals surface area (Å²) >= 11 is 0. The molecule has 2 aromatic carbocycles. The predicted octanol–water partition coefficient (Wildman–Crippen LogP) is 4.01. The highest BCUT2D eigenvalue weighted by Crippen LogP contribution is 2.25. The van der Waals surface area contributed by atoms with Gasteiger partial charge in [-0.05, 0) is 43.7 Å². The second kappa shape index (κ2) is 9.86. The zero-order valence-electron chi connectivity index (χ0n) is 17.5. The molecular formula is C23H21FN2O6. The van der Waals surface area contributed by atoms with Gasteiger partial charge in [0.05, 0.1) is 4.92 Å². The Kier molecular flexibility index (Phi) is 6.99. The number of hydrogen-bond acceptors (Lipinski definition) is 6. The van der Waals surface area contributed by atoms with Crippen molar-refractivity contribution in [3.05, 3.63) is 93.0 Å². The van der Waals surface area contributed by atoms with Crippen molar-refractivity contribution in [2.75, 3.05) is 13.2 Å². The molecule has 0 amide bonds. The van der Waals surface area contributed by atoms with E-state index in [1.807, 2.05) is 11.5 Å². The molecule has 0 spiro atoms. The van der Waals surface area contributed by atoms with Crippen molar-refractivity contribution in [3.8, 4) is 5.75 Å². The summed E-state index contributed by atoms with van der Waals surface area (Å²) in [4.78, 5) is 34.9. The fourth-order valence-corrected chi connectivity index (χ4v) is 3.23. The third-order valence-corrected chi connectivity index (χ3v) is 4.90. The average Bonchev–Trinajstić information content (AvgIpc) is 3.06. The summed E-state index contributed by atoms with van der Waals surface area (Å²) < 4.78 is 25.2. The summed E-state index contributed by atoms with van der Waals surface area (Å²) in [5.74, 6) is -1.59. The van der Waals surface area contributed by atoms with Gasteiger partial charge in [0.2, 0.25) is 5.78 Å². The first-order chi connectivity index (χ1) is 15.3. The van der Waals surface area contributed by atoms with Crippen molar-refractivity contribution in [3.63, 3.8) is 0 Å². The van der Waals surface area contributed by atoms with E-state index in [0.29, 0.717) is 17.8 Å². The Balaban J connectivity index is 1.58. The molecule has 166 valence electrons. The fourth-order valence-electron chi connectivity index (χ4n) is 3.23. The molecule has 9 heteroatoms. The molecule has 0 aliphatic rings. The van der Waals surface area contributed by atoms with Crippen LogP contribution >= 0.6 is 0 Å². The number of ether oxygens (including phenoxy) is 2. The van der Waals surface area contributed by atoms with Crippen molar-refractivity contribution in [2.24, 2.45) is 0 Å². The normalized spacial score (nSPS) is 10.6. The summed E-state index contributed by atoms with van der Waals surface area (Å²) in [5.41, 5.74) is 2.55. The first-order valence-electron chi connectivity index (χ1n) is 9.72. The lowest BCUT2D eigenvalue weighted by Crippen LogP contribution is -2.20. The predicted molar refractivity (Wildman–Crippen MR) is 113 cm³/mol. The van der Waals surface area contributed by atoms with Crippen LogP contribution in [0.25, 0.3) is 0 Å². The molecule has 0 saturated heterocycles. The standard InChI is InChI=1S/C23H21FN2O6/c1-15-11-19(16(2)25(15)12-17-7-9-18(24)10-8-17)21(27)13-32-23(28)14-31-22-6-4-3-5-20(22)26(29)30/h3-11H,12-14H2,1-2H3. The van der Waals surface area contributed by atoms with Crippen molar-refractivity contribution in [2.45, 2.75) is 20.4 Å². The Morgan fingerprint density at radius 3 is 2.44 bits per heavy atom. The van der Waals surface area contributed by atoms with Crippen LogP contribution in [0.4, 0.5) is 10.1 Å². The lowest BCUT2D eigenvalue weighted by molar-refractivity contribution is -0.385. The molecule has 8 nitrogen and oxygen atoms in total. The quantitative estimate of drug-likeness (QED) is 0.216. The van der Waals surface area contributed by atoms with E-state index in [2.05, 4.69) is 0 Å². The lowest BCUT2D eigenvalue weighted by atomic mass is 10.1. The van der Waals surface area contributed by atoms with E-state index in [1.54, 1.807) is 31.2 Å². The molecule has 3 aromatic rings. The molecule has 32 heavy (non-hydrogen) atoms. The van der Waals surface area contributed by atoms with Gasteiger partial charge in [0.1, 0.15) is 5.82 Å². The smallest absolute Gasteiger partial charge is 0.344 e. The van der Waals surface area contributed by atoms with Crippen LogP contribution in [-0.4, -0.2) is 34.5 Å². The number of carbonyl (C=O) groups excluding carboxylic acids is 2. The van der Waals surface area contributed by atoms with Gasteiger partial charge >= 0.3 is 11.7 Å². The zero-order valence-corrected chi connectivity index (χ0v) is 17.5. The molecule has 0 saturated carbocycles. The van der Waals surface area contributed by atoms with Gasteiger partial charge in [-0.3, -0.25) is 14.9 Å². The number of Topliss-reactive ketones (excluding diaryl/α,β-unsaturated/α-hetero) is 1. The van der Waals surface area contributed by atoms with Gasteiger partial charge in [-0.15, -0.1) is 0 Å². The molecule has 3 rings (SSSR count). The van der Waals surface area contributed by atoms with Gasteiger partial charge in [-0.1, -0.05) is 24.3 Å². The Hall–Kier alpha value is -4.01. The third kappa shape index (κ3) is 5.37. The van der Waals surface area contributed by atoms with Crippen LogP contribution in [0.3, 0.4) is 0 Å². The van der Waals surface area contributed by atoms with Crippen molar-refractivity contribution in [1.29, 1.82) is 0 Å². The number of rotatable bonds is 9. The SMILES string of the molecule is Cc1cc(C(=O)COC(=O)COc2ccccc2[N+](=O)[O-])c(C)n1Cc1ccc(F)cc1. The number of nitro groups is 1. The van der Waals surface area contributed by atoms with Gasteiger partial charge in [0.15, 0.2) is 19.0 Å². The molecule has 0 aliphatic carbocycles. The minimum atomic E-state index is -0.823. The average molecular weight is 440 g/mol. The van der Waals surface area contributed by atoms with Crippen LogP contribution in [0.2, 0.25) is 0 Å². The number of aryl methyl sites for hydroxylation is 1. The molecule has 0 fully saturated rings. The van der Waals surface area contributed by atoms with Crippen LogP contribution in [0.15, 0.2) is 54.6 Å². The minimum Gasteiger partial charge on any atom is -0.475 e. The first-order valence-corrected chi connectivity index (χ1v) is 9.72. The van der Waals surface area contributed by atoms with Crippen LogP contribution < -0.4 is 4.74 Å². The van der Waals surface area contributed by atoms with Crippen molar-refractivity contribution < 1.29 is 28.4 Å². The molecule has 0 aliphatic heterocycles. The topological polar surface area (TPSA) is 101 Å². The van der Waals surface area contributed by atoms with Gasteiger partial charge in [-0.25, -0.2) is 9.18 Å². The number of halogens is 1. The first kappa shape index (κ1) is 22.7. The Morgan fingerprint density at radius 1 is 1.06 bits per heavy atom. The maximum atomic E-state index is 13.1. The number of aromatic nitrogens is 1. The largest absolute Gasteiger partial charge is 0.475 e. The number of nitro benzene ring substituents is 1. The molecule has 1 heterocycles. The van der Waals surface area contributed by atoms with Gasteiger partial charge in [0.25, 0.3) is 0 Å². The number of para-hydroxylation sites is 2. The second-order valence-corrected chi connectivity index (χ2v) is 7.09. The number of nitrogens with zero attached hydrogens (tertiary/aromatic N) is 2. The summed E-state index contributed by atoms with van der Waals surface area (Å²) in [7, 11) is 0. The molecule has 0 radical (unpaired) electrons. The van der Waals surface area contributed by atoms with E-state index in [0.717, 1.165) is 11.3 Å². The van der Waals surface area contributed by atoms with E-state index < -0.39 is 24.1 Å². The van der Waals surface area contributed by atoms with E-state index in [-0.39, 0.29) is 23.0 Å². The maximum absolute atomic E-state index is 13.1. The molecule has 0 bridgehead atoms. The van der Waals surface area contributed by atoms with Crippen LogP contribution in [-0.2, 0) is 16.1 Å². The summed E-state index contributed by atoms with van der Waals surface area (Å²) in [5, 5.41) is 11.0. The number of benzene rings is 2. The molecule has 0 atom stereocenters. The molecular weight excluding hydrogens is 419 g/mol. The highest BCUT2D eigenvalue weighted by atomic mass is 19.1. The molecule has 0 unspecified atom stereocenters. The summed E-state index contributed by atoms with van der Waals surface area (Å²) in [6.45, 7) is 3.04. The van der Waals surface area contributed by atoms with Crippen LogP contribution in [0.1, 0.15) is 27.3 Å². The fraction of sp³-hybridized carbons (Fsp3) is 0.217. The minimum absolute atomic E-state index is 0.0647. The number of esters is 1. The van der Waals surface area contributed by atoms with E-state index >= 15 is 0 Å². The Bertz CT molecular complexity index is 1150. The van der Waals surface area contributed by atoms with Gasteiger partial charge in [-0.2, -0.15) is 0 Å². The van der Waals surface area contributed by atoms with Crippen LogP contribution in [0, 0.1) is 29.8 Å². The van der Waals surface area contributed by atoms with Crippen molar-refractivity contribution >= 4 is 17.4 Å². The Morgan fingerprint density at radius 2 is 1.75 bits per heavy atom. The summed E-state index contributed by atoms with van der Waals surface area (Å²) in [6.07, 6.45) is 0. The number of ketones is 1. The maximum Gasteiger partial charge on any atom is 0.344 e. The summed E-state index contributed by atoms with van der Waals surface area (Å²) in [6, 6.07) is 13.5. The van der Waals surface area contributed by atoms with E-state index in [4.69, 9.17) is 9.47 Å². The molecule has 1 aromatic heterocycles. The van der Waals surface area contributed by atoms with Crippen LogP contribution in [0.5, 0.6) is 5.75 Å². The highest BCUT2D eigenvalue weighted by molar-refractivity contribution is 5.99.